The van der Waals surface area contributed by atoms with E-state index in [4.69, 9.17) is 4.74 Å². The predicted molar refractivity (Wildman–Crippen MR) is 101 cm³/mol. The van der Waals surface area contributed by atoms with Crippen LogP contribution in [0.4, 0.5) is 10.5 Å². The molecule has 0 bridgehead atoms. The average molecular weight is 364 g/mol. The van der Waals surface area contributed by atoms with Crippen LogP contribution in [0.1, 0.15) is 11.7 Å². The number of amides is 3. The number of carbonyl (C=O) groups excluding carboxylic acids is 2. The number of nitrogens with zero attached hydrogens (tertiary/aromatic N) is 3. The topological polar surface area (TPSA) is 74.2 Å². The van der Waals surface area contributed by atoms with Gasteiger partial charge in [-0.2, -0.15) is 4.99 Å². The molecule has 3 amide bonds. The summed E-state index contributed by atoms with van der Waals surface area (Å²) in [6, 6.07) is 18.9. The zero-order valence-electron chi connectivity index (χ0n) is 14.7. The first kappa shape index (κ1) is 17.1. The van der Waals surface area contributed by atoms with Crippen molar-refractivity contribution in [1.82, 2.24) is 9.80 Å². The fourth-order valence-electron chi connectivity index (χ4n) is 3.14. The van der Waals surface area contributed by atoms with Crippen molar-refractivity contribution in [1.29, 1.82) is 0 Å². The number of benzene rings is 2. The summed E-state index contributed by atoms with van der Waals surface area (Å²) in [5.74, 6) is -0.291. The van der Waals surface area contributed by atoms with Crippen LogP contribution in [-0.4, -0.2) is 53.9 Å². The minimum absolute atomic E-state index is 0.131. The van der Waals surface area contributed by atoms with Gasteiger partial charge in [-0.1, -0.05) is 48.5 Å². The minimum atomic E-state index is -0.680. The van der Waals surface area contributed by atoms with Crippen molar-refractivity contribution in [2.45, 2.75) is 6.10 Å². The molecular weight excluding hydrogens is 344 g/mol. The first-order chi connectivity index (χ1) is 13.2. The number of amidine groups is 1. The van der Waals surface area contributed by atoms with Crippen molar-refractivity contribution in [2.75, 3.05) is 31.5 Å². The molecule has 2 aromatic carbocycles. The van der Waals surface area contributed by atoms with E-state index in [1.54, 1.807) is 4.90 Å². The van der Waals surface area contributed by atoms with Gasteiger partial charge in [0.05, 0.1) is 0 Å². The molecule has 2 aliphatic rings. The molecule has 0 saturated carbocycles. The Kier molecular flexibility index (Phi) is 4.74. The Morgan fingerprint density at radius 2 is 1.59 bits per heavy atom. The predicted octanol–water partition coefficient (Wildman–Crippen LogP) is 2.49. The minimum Gasteiger partial charge on any atom is -0.446 e. The quantitative estimate of drug-likeness (QED) is 0.888. The van der Waals surface area contributed by atoms with E-state index in [-0.39, 0.29) is 11.9 Å². The lowest BCUT2D eigenvalue weighted by molar-refractivity contribution is -0.123. The molecule has 4 rings (SSSR count). The average Bonchev–Trinajstić information content (AvgIpc) is 3.11. The first-order valence-corrected chi connectivity index (χ1v) is 8.91. The maximum atomic E-state index is 12.4. The Bertz CT molecular complexity index is 846. The van der Waals surface area contributed by atoms with E-state index in [2.05, 4.69) is 10.3 Å². The number of hydrogen-bond donors (Lipinski definition) is 1. The molecule has 1 fully saturated rings. The van der Waals surface area contributed by atoms with Crippen LogP contribution in [0.2, 0.25) is 0 Å². The zero-order valence-corrected chi connectivity index (χ0v) is 14.7. The molecule has 1 saturated heterocycles. The van der Waals surface area contributed by atoms with E-state index in [0.717, 1.165) is 11.3 Å². The summed E-state index contributed by atoms with van der Waals surface area (Å²) >= 11 is 0. The molecule has 0 aromatic heterocycles. The van der Waals surface area contributed by atoms with Gasteiger partial charge in [0.2, 0.25) is 6.10 Å². The number of para-hydroxylation sites is 1. The molecular formula is C20H20N4O3. The van der Waals surface area contributed by atoms with Crippen LogP contribution in [0.5, 0.6) is 0 Å². The number of carbonyl (C=O) groups is 2. The fourth-order valence-corrected chi connectivity index (χ4v) is 3.14. The number of anilines is 1. The number of piperazine rings is 1. The van der Waals surface area contributed by atoms with Gasteiger partial charge in [0.1, 0.15) is 0 Å². The summed E-state index contributed by atoms with van der Waals surface area (Å²) in [7, 11) is 0. The zero-order chi connectivity index (χ0) is 18.6. The van der Waals surface area contributed by atoms with Crippen molar-refractivity contribution in [3.05, 3.63) is 66.2 Å². The van der Waals surface area contributed by atoms with Crippen LogP contribution < -0.4 is 5.32 Å². The van der Waals surface area contributed by atoms with E-state index >= 15 is 0 Å². The molecule has 7 heteroatoms. The Hall–Kier alpha value is -3.35. The van der Waals surface area contributed by atoms with Crippen molar-refractivity contribution in [3.63, 3.8) is 0 Å². The van der Waals surface area contributed by atoms with Crippen LogP contribution >= 0.6 is 0 Å². The van der Waals surface area contributed by atoms with Crippen molar-refractivity contribution >= 4 is 23.6 Å². The lowest BCUT2D eigenvalue weighted by Crippen LogP contribution is -2.51. The monoisotopic (exact) mass is 364 g/mol. The van der Waals surface area contributed by atoms with Crippen LogP contribution in [-0.2, 0) is 9.53 Å². The molecule has 7 nitrogen and oxygen atoms in total. The van der Waals surface area contributed by atoms with E-state index in [9.17, 15) is 9.59 Å². The van der Waals surface area contributed by atoms with E-state index in [1.165, 1.54) is 0 Å². The second-order valence-corrected chi connectivity index (χ2v) is 6.41. The van der Waals surface area contributed by atoms with Crippen molar-refractivity contribution in [3.8, 4) is 0 Å². The third kappa shape index (κ3) is 3.76. The molecule has 0 radical (unpaired) electrons. The highest BCUT2D eigenvalue weighted by molar-refractivity contribution is 5.99. The van der Waals surface area contributed by atoms with E-state index in [0.29, 0.717) is 32.2 Å². The Labute approximate surface area is 157 Å². The molecule has 1 N–H and O–H groups in total. The summed E-state index contributed by atoms with van der Waals surface area (Å²) in [4.78, 5) is 32.3. The highest BCUT2D eigenvalue weighted by Gasteiger charge is 2.34. The maximum Gasteiger partial charge on any atom is 0.321 e. The number of ether oxygens (including phenoxy) is 1. The summed E-state index contributed by atoms with van der Waals surface area (Å²) in [6.07, 6.45) is -0.680. The number of urea groups is 1. The lowest BCUT2D eigenvalue weighted by atomic mass is 10.1. The molecule has 2 aromatic rings. The normalized spacial score (nSPS) is 19.5. The lowest BCUT2D eigenvalue weighted by Gasteiger charge is -2.35. The van der Waals surface area contributed by atoms with Crippen LogP contribution in [0.25, 0.3) is 0 Å². The summed E-state index contributed by atoms with van der Waals surface area (Å²) in [5.41, 5.74) is 1.56. The Morgan fingerprint density at radius 1 is 0.963 bits per heavy atom. The standard InChI is InChI=1S/C20H20N4O3/c25-18-17(15-7-3-1-4-8-15)27-20(22-18)24-13-11-23(12-14-24)19(26)21-16-9-5-2-6-10-16/h1-10,17H,11-14H2,(H,21,26). The number of aliphatic imine (C=N–C) groups is 1. The molecule has 1 unspecified atom stereocenters. The first-order valence-electron chi connectivity index (χ1n) is 8.91. The van der Waals surface area contributed by atoms with Gasteiger partial charge in [0.25, 0.3) is 11.9 Å². The fraction of sp³-hybridized carbons (Fsp3) is 0.250. The van der Waals surface area contributed by atoms with Gasteiger partial charge in [0, 0.05) is 37.4 Å². The Balaban J connectivity index is 1.32. The largest absolute Gasteiger partial charge is 0.446 e. The molecule has 0 aliphatic carbocycles. The molecule has 2 heterocycles. The van der Waals surface area contributed by atoms with Crippen LogP contribution in [0.15, 0.2) is 65.7 Å². The molecule has 27 heavy (non-hydrogen) atoms. The molecule has 2 aliphatic heterocycles. The van der Waals surface area contributed by atoms with E-state index < -0.39 is 6.10 Å². The van der Waals surface area contributed by atoms with Gasteiger partial charge in [-0.05, 0) is 12.1 Å². The van der Waals surface area contributed by atoms with Crippen LogP contribution in [0, 0.1) is 0 Å². The molecule has 138 valence electrons. The third-order valence-corrected chi connectivity index (χ3v) is 4.62. The third-order valence-electron chi connectivity index (χ3n) is 4.62. The molecule has 1 atom stereocenters. The van der Waals surface area contributed by atoms with Gasteiger partial charge in [-0.15, -0.1) is 0 Å². The van der Waals surface area contributed by atoms with Gasteiger partial charge >= 0.3 is 6.03 Å². The summed E-state index contributed by atoms with van der Waals surface area (Å²) in [6.45, 7) is 2.20. The SMILES string of the molecule is O=C1N=C(N2CCN(C(=O)Nc3ccccc3)CC2)OC1c1ccccc1. The second-order valence-electron chi connectivity index (χ2n) is 6.41. The van der Waals surface area contributed by atoms with Gasteiger partial charge in [-0.25, -0.2) is 4.79 Å². The highest BCUT2D eigenvalue weighted by atomic mass is 16.5. The van der Waals surface area contributed by atoms with Crippen molar-refractivity contribution < 1.29 is 14.3 Å². The number of hydrogen-bond acceptors (Lipinski definition) is 4. The van der Waals surface area contributed by atoms with Crippen LogP contribution in [0.3, 0.4) is 0 Å². The summed E-state index contributed by atoms with van der Waals surface area (Å²) < 4.78 is 5.80. The second kappa shape index (κ2) is 7.49. The van der Waals surface area contributed by atoms with Gasteiger partial charge in [0.15, 0.2) is 0 Å². The molecule has 0 spiro atoms. The van der Waals surface area contributed by atoms with E-state index in [1.807, 2.05) is 65.6 Å². The Morgan fingerprint density at radius 3 is 2.26 bits per heavy atom. The number of nitrogens with one attached hydrogen (secondary N) is 1. The smallest absolute Gasteiger partial charge is 0.321 e. The highest BCUT2D eigenvalue weighted by Crippen LogP contribution is 2.25. The maximum absolute atomic E-state index is 12.4. The van der Waals surface area contributed by atoms with Gasteiger partial charge < -0.3 is 19.9 Å². The van der Waals surface area contributed by atoms with Crippen molar-refractivity contribution in [2.24, 2.45) is 4.99 Å². The number of rotatable bonds is 2. The van der Waals surface area contributed by atoms with Gasteiger partial charge in [-0.3, -0.25) is 4.79 Å². The summed E-state index contributed by atoms with van der Waals surface area (Å²) in [5, 5.41) is 2.88.